The van der Waals surface area contributed by atoms with Crippen molar-refractivity contribution in [2.45, 2.75) is 72.6 Å². The molecule has 6 heteroatoms. The average Bonchev–Trinajstić information content (AvgIpc) is 3.15. The molecule has 0 aliphatic rings. The van der Waals surface area contributed by atoms with Crippen LogP contribution in [0.3, 0.4) is 0 Å². The summed E-state index contributed by atoms with van der Waals surface area (Å²) >= 11 is 0. The molecule has 2 aromatic rings. The van der Waals surface area contributed by atoms with E-state index in [1.165, 1.54) is 11.1 Å². The van der Waals surface area contributed by atoms with Crippen LogP contribution in [0.2, 0.25) is 0 Å². The van der Waals surface area contributed by atoms with E-state index in [1.54, 1.807) is 6.07 Å². The number of unbranched alkanes of at least 4 members (excludes halogenated alkanes) is 2. The second kappa shape index (κ2) is 10.6. The highest BCUT2D eigenvalue weighted by atomic mass is 16.3. The molecule has 0 unspecified atom stereocenters. The second-order valence-corrected chi connectivity index (χ2v) is 7.52. The number of H-pyrrole nitrogens is 1. The molecular formula is C22H32N4O2. The van der Waals surface area contributed by atoms with E-state index in [9.17, 15) is 10.2 Å². The first-order valence-electron chi connectivity index (χ1n) is 10.0. The predicted molar refractivity (Wildman–Crippen MR) is 112 cm³/mol. The number of benzene rings is 1. The molecule has 0 amide bonds. The fourth-order valence-corrected chi connectivity index (χ4v) is 3.20. The Labute approximate surface area is 167 Å². The summed E-state index contributed by atoms with van der Waals surface area (Å²) in [6, 6.07) is 1.74. The number of hydrogen-bond acceptors (Lipinski definition) is 5. The van der Waals surface area contributed by atoms with Gasteiger partial charge in [0.25, 0.3) is 0 Å². The molecule has 0 fully saturated rings. The van der Waals surface area contributed by atoms with Gasteiger partial charge in [-0.3, -0.25) is 0 Å². The van der Waals surface area contributed by atoms with Crippen molar-refractivity contribution in [3.63, 3.8) is 0 Å². The van der Waals surface area contributed by atoms with Crippen LogP contribution >= 0.6 is 0 Å². The number of aromatic hydroxyl groups is 2. The number of aromatic amines is 1. The second-order valence-electron chi connectivity index (χ2n) is 7.52. The van der Waals surface area contributed by atoms with Crippen molar-refractivity contribution in [2.75, 3.05) is 0 Å². The van der Waals surface area contributed by atoms with Gasteiger partial charge in [-0.1, -0.05) is 43.1 Å². The first-order valence-corrected chi connectivity index (χ1v) is 10.0. The van der Waals surface area contributed by atoms with Gasteiger partial charge in [0.15, 0.2) is 0 Å². The highest BCUT2D eigenvalue weighted by molar-refractivity contribution is 5.72. The molecule has 6 nitrogen and oxygen atoms in total. The van der Waals surface area contributed by atoms with Crippen molar-refractivity contribution < 1.29 is 10.2 Å². The third kappa shape index (κ3) is 5.94. The minimum atomic E-state index is 0.0428. The van der Waals surface area contributed by atoms with Crippen molar-refractivity contribution >= 4 is 0 Å². The molecule has 3 N–H and O–H groups in total. The molecule has 0 aliphatic heterocycles. The van der Waals surface area contributed by atoms with Crippen LogP contribution in [-0.2, 0) is 12.8 Å². The van der Waals surface area contributed by atoms with E-state index in [2.05, 4.69) is 60.5 Å². The Morgan fingerprint density at radius 1 is 1.14 bits per heavy atom. The number of aryl methyl sites for hydroxylation is 1. The normalized spacial score (nSPS) is 11.6. The van der Waals surface area contributed by atoms with E-state index < -0.39 is 0 Å². The summed E-state index contributed by atoms with van der Waals surface area (Å²) < 4.78 is 0. The highest BCUT2D eigenvalue weighted by Crippen LogP contribution is 2.40. The SMILES string of the molecule is CCCCCc1cc(O)c(C/C=C(\C)CCC=C(C)C)c(O)c1-c1nn[nH]n1. The summed E-state index contributed by atoms with van der Waals surface area (Å²) in [7, 11) is 0. The van der Waals surface area contributed by atoms with Gasteiger partial charge < -0.3 is 10.2 Å². The molecule has 0 saturated heterocycles. The summed E-state index contributed by atoms with van der Waals surface area (Å²) in [4.78, 5) is 0. The molecule has 0 saturated carbocycles. The van der Waals surface area contributed by atoms with Crippen molar-refractivity contribution in [1.82, 2.24) is 20.6 Å². The summed E-state index contributed by atoms with van der Waals surface area (Å²) in [6.45, 7) is 8.41. The Balaban J connectivity index is 2.30. The van der Waals surface area contributed by atoms with Crippen molar-refractivity contribution in [3.05, 3.63) is 40.5 Å². The lowest BCUT2D eigenvalue weighted by Crippen LogP contribution is -1.98. The molecule has 2 rings (SSSR count). The van der Waals surface area contributed by atoms with Gasteiger partial charge in [0.1, 0.15) is 11.5 Å². The number of allylic oxidation sites excluding steroid dienone is 4. The zero-order chi connectivity index (χ0) is 20.5. The Hall–Kier alpha value is -2.63. The topological polar surface area (TPSA) is 94.9 Å². The van der Waals surface area contributed by atoms with E-state index in [0.717, 1.165) is 44.1 Å². The van der Waals surface area contributed by atoms with E-state index in [1.807, 2.05) is 0 Å². The maximum Gasteiger partial charge on any atom is 0.208 e. The van der Waals surface area contributed by atoms with Gasteiger partial charge in [0, 0.05) is 5.56 Å². The van der Waals surface area contributed by atoms with Crippen molar-refractivity contribution in [2.24, 2.45) is 0 Å². The van der Waals surface area contributed by atoms with Crippen molar-refractivity contribution in [3.8, 4) is 22.9 Å². The van der Waals surface area contributed by atoms with Gasteiger partial charge >= 0.3 is 0 Å². The zero-order valence-electron chi connectivity index (χ0n) is 17.4. The average molecular weight is 385 g/mol. The summed E-state index contributed by atoms with van der Waals surface area (Å²) in [5.74, 6) is 0.514. The lowest BCUT2D eigenvalue weighted by Gasteiger charge is -2.14. The Morgan fingerprint density at radius 2 is 1.93 bits per heavy atom. The molecule has 28 heavy (non-hydrogen) atoms. The minimum Gasteiger partial charge on any atom is -0.508 e. The van der Waals surface area contributed by atoms with Crippen LogP contribution in [0.1, 0.15) is 70.9 Å². The third-order valence-electron chi connectivity index (χ3n) is 4.83. The zero-order valence-corrected chi connectivity index (χ0v) is 17.4. The van der Waals surface area contributed by atoms with Gasteiger partial charge in [0.2, 0.25) is 5.82 Å². The Morgan fingerprint density at radius 3 is 2.57 bits per heavy atom. The Kier molecular flexibility index (Phi) is 8.23. The maximum atomic E-state index is 10.9. The molecule has 0 bridgehead atoms. The van der Waals surface area contributed by atoms with Crippen LogP contribution in [-0.4, -0.2) is 30.8 Å². The maximum absolute atomic E-state index is 10.9. The van der Waals surface area contributed by atoms with Crippen LogP contribution < -0.4 is 0 Å². The van der Waals surface area contributed by atoms with Gasteiger partial charge in [0.05, 0.1) is 5.56 Å². The number of tetrazole rings is 1. The molecule has 1 aromatic heterocycles. The highest BCUT2D eigenvalue weighted by Gasteiger charge is 2.21. The number of rotatable bonds is 10. The number of hydrogen-bond donors (Lipinski definition) is 3. The fourth-order valence-electron chi connectivity index (χ4n) is 3.20. The molecule has 1 aromatic carbocycles. The summed E-state index contributed by atoms with van der Waals surface area (Å²) in [6.07, 6.45) is 10.6. The Bertz CT molecular complexity index is 820. The van der Waals surface area contributed by atoms with Gasteiger partial charge in [-0.05, 0) is 69.7 Å². The largest absolute Gasteiger partial charge is 0.508 e. The number of nitrogens with zero attached hydrogens (tertiary/aromatic N) is 3. The van der Waals surface area contributed by atoms with E-state index in [-0.39, 0.29) is 11.5 Å². The van der Waals surface area contributed by atoms with E-state index >= 15 is 0 Å². The standard InChI is InChI=1S/C22H32N4O2/c1-5-6-7-11-17-14-19(27)18(13-12-16(4)10-8-9-15(2)3)21(28)20(17)22-23-25-26-24-22/h9,12,14,27-28H,5-8,10-11,13H2,1-4H3,(H,23,24,25,26)/b16-12+. The number of phenols is 2. The van der Waals surface area contributed by atoms with E-state index in [4.69, 9.17) is 0 Å². The number of phenolic OH excluding ortho intramolecular Hbond substituents is 2. The van der Waals surface area contributed by atoms with Crippen molar-refractivity contribution in [1.29, 1.82) is 0 Å². The fraction of sp³-hybridized carbons (Fsp3) is 0.500. The number of aromatic nitrogens is 4. The monoisotopic (exact) mass is 384 g/mol. The smallest absolute Gasteiger partial charge is 0.208 e. The lowest BCUT2D eigenvalue weighted by molar-refractivity contribution is 0.440. The minimum absolute atomic E-state index is 0.0428. The van der Waals surface area contributed by atoms with Crippen LogP contribution in [0, 0.1) is 0 Å². The number of nitrogens with one attached hydrogen (secondary N) is 1. The first-order chi connectivity index (χ1) is 13.4. The molecule has 1 heterocycles. The first kappa shape index (κ1) is 21.7. The van der Waals surface area contributed by atoms with Gasteiger partial charge in [-0.15, -0.1) is 10.2 Å². The molecule has 0 spiro atoms. The van der Waals surface area contributed by atoms with Gasteiger partial charge in [-0.2, -0.15) is 5.21 Å². The predicted octanol–water partition coefficient (Wildman–Crippen LogP) is 5.25. The van der Waals surface area contributed by atoms with E-state index in [0.29, 0.717) is 23.4 Å². The molecule has 0 radical (unpaired) electrons. The summed E-state index contributed by atoms with van der Waals surface area (Å²) in [5, 5.41) is 35.6. The third-order valence-corrected chi connectivity index (χ3v) is 4.83. The quantitative estimate of drug-likeness (QED) is 0.384. The molecule has 152 valence electrons. The van der Waals surface area contributed by atoms with Crippen LogP contribution in [0.4, 0.5) is 0 Å². The molecular weight excluding hydrogens is 352 g/mol. The van der Waals surface area contributed by atoms with Crippen LogP contribution in [0.15, 0.2) is 29.4 Å². The van der Waals surface area contributed by atoms with Crippen LogP contribution in [0.5, 0.6) is 11.5 Å². The molecule has 0 aliphatic carbocycles. The van der Waals surface area contributed by atoms with Gasteiger partial charge in [-0.25, -0.2) is 0 Å². The lowest BCUT2D eigenvalue weighted by atomic mass is 9.94. The summed E-state index contributed by atoms with van der Waals surface area (Å²) in [5.41, 5.74) is 4.45. The molecule has 0 atom stereocenters. The van der Waals surface area contributed by atoms with Crippen LogP contribution in [0.25, 0.3) is 11.4 Å².